The van der Waals surface area contributed by atoms with Crippen molar-refractivity contribution >= 4 is 27.1 Å². The highest BCUT2D eigenvalue weighted by atomic mass is 32.2. The molecule has 8 heteroatoms. The standard InChI is InChI=1S/C11H14N4O2S2/c12-19(16,17)15-3-1-10-9(7-15)5-8(6-14-10)11-13-2-4-18-11/h2,4-5,14H,1,3,6-7H2,(H2,12,16,17). The Hall–Kier alpha value is -1.22. The fourth-order valence-corrected chi connectivity index (χ4v) is 3.62. The monoisotopic (exact) mass is 298 g/mol. The average Bonchev–Trinajstić information content (AvgIpc) is 2.90. The molecule has 0 radical (unpaired) electrons. The molecular weight excluding hydrogens is 284 g/mol. The number of aromatic nitrogens is 1. The van der Waals surface area contributed by atoms with E-state index in [0.29, 0.717) is 19.5 Å². The molecule has 3 rings (SSSR count). The minimum atomic E-state index is -3.62. The van der Waals surface area contributed by atoms with Gasteiger partial charge in [-0.1, -0.05) is 0 Å². The van der Waals surface area contributed by atoms with Crippen LogP contribution in [0.25, 0.3) is 5.57 Å². The van der Waals surface area contributed by atoms with E-state index in [0.717, 1.165) is 28.4 Å². The van der Waals surface area contributed by atoms with Crippen molar-refractivity contribution in [2.24, 2.45) is 5.14 Å². The Labute approximate surface area is 115 Å². The Balaban J connectivity index is 1.89. The zero-order valence-corrected chi connectivity index (χ0v) is 11.8. The number of nitrogens with one attached hydrogen (secondary N) is 1. The lowest BCUT2D eigenvalue weighted by atomic mass is 10.0. The summed E-state index contributed by atoms with van der Waals surface area (Å²) in [5.74, 6) is 0. The lowest BCUT2D eigenvalue weighted by molar-refractivity contribution is 0.417. The molecule has 2 aliphatic rings. The van der Waals surface area contributed by atoms with Gasteiger partial charge in [0.05, 0.1) is 0 Å². The van der Waals surface area contributed by atoms with Crippen LogP contribution in [0, 0.1) is 0 Å². The normalized spacial score (nSPS) is 20.8. The maximum Gasteiger partial charge on any atom is 0.277 e. The molecule has 102 valence electrons. The van der Waals surface area contributed by atoms with E-state index in [4.69, 9.17) is 5.14 Å². The van der Waals surface area contributed by atoms with Crippen LogP contribution >= 0.6 is 11.3 Å². The maximum absolute atomic E-state index is 11.4. The number of dihydropyridines is 1. The molecule has 19 heavy (non-hydrogen) atoms. The first-order chi connectivity index (χ1) is 9.04. The van der Waals surface area contributed by atoms with Gasteiger partial charge in [0.25, 0.3) is 10.2 Å². The summed E-state index contributed by atoms with van der Waals surface area (Å²) in [6.45, 7) is 1.50. The molecule has 0 unspecified atom stereocenters. The fraction of sp³-hybridized carbons (Fsp3) is 0.364. The zero-order chi connectivity index (χ0) is 13.5. The molecule has 3 N–H and O–H groups in total. The molecular formula is C11H14N4O2S2. The summed E-state index contributed by atoms with van der Waals surface area (Å²) in [6, 6.07) is 0. The predicted octanol–water partition coefficient (Wildman–Crippen LogP) is 0.293. The smallest absolute Gasteiger partial charge is 0.277 e. The first-order valence-electron chi connectivity index (χ1n) is 5.88. The summed E-state index contributed by atoms with van der Waals surface area (Å²) in [5.41, 5.74) is 3.18. The number of nitrogens with two attached hydrogens (primary N) is 1. The number of hydrogen-bond acceptors (Lipinski definition) is 5. The third kappa shape index (κ3) is 2.57. The number of hydrogen-bond donors (Lipinski definition) is 2. The van der Waals surface area contributed by atoms with Crippen molar-refractivity contribution in [2.45, 2.75) is 6.42 Å². The van der Waals surface area contributed by atoms with Gasteiger partial charge in [-0.15, -0.1) is 11.3 Å². The SMILES string of the molecule is NS(=O)(=O)N1CCC2=C(C=C(c3nccs3)CN2)C1. The topological polar surface area (TPSA) is 88.3 Å². The van der Waals surface area contributed by atoms with E-state index in [2.05, 4.69) is 10.3 Å². The first-order valence-corrected chi connectivity index (χ1v) is 8.26. The summed E-state index contributed by atoms with van der Waals surface area (Å²) < 4.78 is 24.1. The van der Waals surface area contributed by atoms with Gasteiger partial charge in [0.2, 0.25) is 0 Å². The van der Waals surface area contributed by atoms with Crippen molar-refractivity contribution in [1.82, 2.24) is 14.6 Å². The van der Waals surface area contributed by atoms with Crippen LogP contribution in [0.15, 0.2) is 28.9 Å². The van der Waals surface area contributed by atoms with E-state index < -0.39 is 10.2 Å². The van der Waals surface area contributed by atoms with Crippen LogP contribution in [0.2, 0.25) is 0 Å². The fourth-order valence-electron chi connectivity index (χ4n) is 2.30. The van der Waals surface area contributed by atoms with Crippen molar-refractivity contribution in [3.05, 3.63) is 33.9 Å². The van der Waals surface area contributed by atoms with E-state index >= 15 is 0 Å². The van der Waals surface area contributed by atoms with Crippen molar-refractivity contribution in [3.8, 4) is 0 Å². The summed E-state index contributed by atoms with van der Waals surface area (Å²) in [6.07, 6.45) is 4.47. The minimum Gasteiger partial charge on any atom is -0.384 e. The molecule has 3 heterocycles. The molecule has 1 aromatic heterocycles. The van der Waals surface area contributed by atoms with Crippen LogP contribution < -0.4 is 10.5 Å². The molecule has 0 bridgehead atoms. The Kier molecular flexibility index (Phi) is 3.17. The second-order valence-electron chi connectivity index (χ2n) is 4.49. The van der Waals surface area contributed by atoms with E-state index in [9.17, 15) is 8.42 Å². The molecule has 0 aromatic carbocycles. The van der Waals surface area contributed by atoms with Crippen LogP contribution in [0.3, 0.4) is 0 Å². The molecule has 0 aliphatic carbocycles. The highest BCUT2D eigenvalue weighted by Gasteiger charge is 2.27. The van der Waals surface area contributed by atoms with Crippen molar-refractivity contribution in [3.63, 3.8) is 0 Å². The highest BCUT2D eigenvalue weighted by Crippen LogP contribution is 2.27. The molecule has 0 atom stereocenters. The molecule has 0 saturated heterocycles. The molecule has 1 aromatic rings. The Morgan fingerprint density at radius 3 is 3.00 bits per heavy atom. The zero-order valence-electron chi connectivity index (χ0n) is 10.2. The van der Waals surface area contributed by atoms with Gasteiger partial charge in [-0.05, 0) is 11.6 Å². The lowest BCUT2D eigenvalue weighted by Crippen LogP contribution is -2.43. The van der Waals surface area contributed by atoms with Crippen LogP contribution in [0.5, 0.6) is 0 Å². The average molecular weight is 298 g/mol. The molecule has 6 nitrogen and oxygen atoms in total. The molecule has 0 fully saturated rings. The predicted molar refractivity (Wildman–Crippen MR) is 74.4 cm³/mol. The van der Waals surface area contributed by atoms with Crippen LogP contribution in [0.1, 0.15) is 11.4 Å². The lowest BCUT2D eigenvalue weighted by Gasteiger charge is -2.31. The summed E-state index contributed by atoms with van der Waals surface area (Å²) in [7, 11) is -3.62. The number of thiazole rings is 1. The summed E-state index contributed by atoms with van der Waals surface area (Å²) in [4.78, 5) is 4.28. The van der Waals surface area contributed by atoms with E-state index in [-0.39, 0.29) is 0 Å². The summed E-state index contributed by atoms with van der Waals surface area (Å²) in [5, 5.41) is 11.4. The van der Waals surface area contributed by atoms with E-state index in [1.165, 1.54) is 4.31 Å². The molecule has 2 aliphatic heterocycles. The highest BCUT2D eigenvalue weighted by molar-refractivity contribution is 7.86. The van der Waals surface area contributed by atoms with Gasteiger partial charge >= 0.3 is 0 Å². The third-order valence-corrected chi connectivity index (χ3v) is 5.13. The molecule has 0 saturated carbocycles. The Bertz CT molecular complexity index is 646. The Morgan fingerprint density at radius 1 is 1.47 bits per heavy atom. The van der Waals surface area contributed by atoms with Crippen LogP contribution in [0.4, 0.5) is 0 Å². The van der Waals surface area contributed by atoms with Crippen molar-refractivity contribution in [2.75, 3.05) is 19.6 Å². The van der Waals surface area contributed by atoms with E-state index in [1.807, 2.05) is 11.5 Å². The summed E-state index contributed by atoms with van der Waals surface area (Å²) >= 11 is 1.58. The van der Waals surface area contributed by atoms with Crippen molar-refractivity contribution in [1.29, 1.82) is 0 Å². The Morgan fingerprint density at radius 2 is 2.32 bits per heavy atom. The van der Waals surface area contributed by atoms with Crippen molar-refractivity contribution < 1.29 is 8.42 Å². The van der Waals surface area contributed by atoms with Crippen LogP contribution in [-0.4, -0.2) is 37.3 Å². The number of rotatable bonds is 2. The van der Waals surface area contributed by atoms with Gasteiger partial charge in [0, 0.05) is 48.9 Å². The van der Waals surface area contributed by atoms with Gasteiger partial charge in [-0.3, -0.25) is 0 Å². The second-order valence-corrected chi connectivity index (χ2v) is 6.93. The van der Waals surface area contributed by atoms with Gasteiger partial charge < -0.3 is 5.32 Å². The minimum absolute atomic E-state index is 0.329. The quantitative estimate of drug-likeness (QED) is 0.821. The van der Waals surface area contributed by atoms with Gasteiger partial charge in [-0.25, -0.2) is 10.1 Å². The number of nitrogens with zero attached hydrogens (tertiary/aromatic N) is 2. The third-order valence-electron chi connectivity index (χ3n) is 3.25. The van der Waals surface area contributed by atoms with Gasteiger partial charge in [-0.2, -0.15) is 12.7 Å². The van der Waals surface area contributed by atoms with Gasteiger partial charge in [0.15, 0.2) is 0 Å². The largest absolute Gasteiger partial charge is 0.384 e. The van der Waals surface area contributed by atoms with E-state index in [1.54, 1.807) is 17.5 Å². The molecule has 0 amide bonds. The molecule has 0 spiro atoms. The van der Waals surface area contributed by atoms with Crippen LogP contribution in [-0.2, 0) is 10.2 Å². The van der Waals surface area contributed by atoms with Gasteiger partial charge in [0.1, 0.15) is 5.01 Å². The second kappa shape index (κ2) is 4.71. The maximum atomic E-state index is 11.4. The first kappa shape index (κ1) is 12.8.